The number of carbonyl (C=O) groups excluding carboxylic acids is 1. The van der Waals surface area contributed by atoms with Crippen LogP contribution in [-0.4, -0.2) is 22.9 Å². The fraction of sp³-hybridized carbons (Fsp3) is 0.105. The highest BCUT2D eigenvalue weighted by Gasteiger charge is 2.12. The maximum absolute atomic E-state index is 12.4. The molecule has 3 aromatic rings. The summed E-state index contributed by atoms with van der Waals surface area (Å²) in [6.45, 7) is 2.00. The van der Waals surface area contributed by atoms with Crippen LogP contribution < -0.4 is 10.2 Å². The largest absolute Gasteiger partial charge is 0.321 e. The van der Waals surface area contributed by atoms with E-state index < -0.39 is 0 Å². The molecule has 0 radical (unpaired) electrons. The highest BCUT2D eigenvalue weighted by molar-refractivity contribution is 6.03. The van der Waals surface area contributed by atoms with Crippen LogP contribution >= 0.6 is 0 Å². The number of nitrogens with one attached hydrogen (secondary N) is 1. The van der Waals surface area contributed by atoms with E-state index in [1.807, 2.05) is 73.5 Å². The Morgan fingerprint density at radius 2 is 1.71 bits per heavy atom. The molecule has 0 aliphatic rings. The fourth-order valence-electron chi connectivity index (χ4n) is 2.24. The lowest BCUT2D eigenvalue weighted by Crippen LogP contribution is -2.18. The van der Waals surface area contributed by atoms with Crippen molar-refractivity contribution in [2.24, 2.45) is 0 Å². The van der Waals surface area contributed by atoms with Gasteiger partial charge in [-0.1, -0.05) is 35.9 Å². The van der Waals surface area contributed by atoms with Gasteiger partial charge in [-0.2, -0.15) is 0 Å². The molecule has 0 saturated heterocycles. The quantitative estimate of drug-likeness (QED) is 0.795. The number of benzene rings is 2. The molecule has 0 atom stereocenters. The van der Waals surface area contributed by atoms with Gasteiger partial charge in [0.05, 0.1) is 0 Å². The van der Waals surface area contributed by atoms with Gasteiger partial charge in [0, 0.05) is 24.6 Å². The highest BCUT2D eigenvalue weighted by atomic mass is 16.1. The van der Waals surface area contributed by atoms with Crippen molar-refractivity contribution in [2.75, 3.05) is 17.3 Å². The molecule has 120 valence electrons. The molecule has 0 aliphatic carbocycles. The molecule has 0 aliphatic heterocycles. The Bertz CT molecular complexity index is 832. The second-order valence-corrected chi connectivity index (χ2v) is 5.46. The fourth-order valence-corrected chi connectivity index (χ4v) is 2.24. The van der Waals surface area contributed by atoms with Gasteiger partial charge in [-0.05, 0) is 37.3 Å². The van der Waals surface area contributed by atoms with Crippen molar-refractivity contribution >= 4 is 23.2 Å². The molecule has 0 saturated carbocycles. The van der Waals surface area contributed by atoms with E-state index >= 15 is 0 Å². The van der Waals surface area contributed by atoms with Crippen LogP contribution in [0.2, 0.25) is 0 Å². The van der Waals surface area contributed by atoms with Crippen LogP contribution in [0.1, 0.15) is 16.1 Å². The predicted octanol–water partition coefficient (Wildman–Crippen LogP) is 3.81. The molecule has 1 heterocycles. The zero-order valence-electron chi connectivity index (χ0n) is 13.6. The average Bonchev–Trinajstić information content (AvgIpc) is 2.64. The summed E-state index contributed by atoms with van der Waals surface area (Å²) in [5.41, 5.74) is 3.15. The van der Waals surface area contributed by atoms with Gasteiger partial charge in [-0.3, -0.25) is 4.79 Å². The molecule has 1 amide bonds. The first kappa shape index (κ1) is 15.7. The van der Waals surface area contributed by atoms with Gasteiger partial charge >= 0.3 is 0 Å². The molecule has 0 spiro atoms. The van der Waals surface area contributed by atoms with E-state index in [-0.39, 0.29) is 5.91 Å². The van der Waals surface area contributed by atoms with Crippen LogP contribution in [0, 0.1) is 6.92 Å². The number of para-hydroxylation sites is 1. The molecule has 0 fully saturated rings. The van der Waals surface area contributed by atoms with Crippen LogP contribution in [0.3, 0.4) is 0 Å². The van der Waals surface area contributed by atoms with Crippen molar-refractivity contribution in [3.05, 3.63) is 78.1 Å². The zero-order valence-corrected chi connectivity index (χ0v) is 13.6. The predicted molar refractivity (Wildman–Crippen MR) is 95.7 cm³/mol. The van der Waals surface area contributed by atoms with Crippen molar-refractivity contribution < 1.29 is 4.79 Å². The summed E-state index contributed by atoms with van der Waals surface area (Å²) in [6.07, 6.45) is 1.59. The van der Waals surface area contributed by atoms with Crippen LogP contribution in [0.5, 0.6) is 0 Å². The molecule has 2 aromatic carbocycles. The minimum absolute atomic E-state index is 0.260. The summed E-state index contributed by atoms with van der Waals surface area (Å²) in [5, 5.41) is 2.84. The van der Waals surface area contributed by atoms with Crippen molar-refractivity contribution in [1.29, 1.82) is 0 Å². The van der Waals surface area contributed by atoms with E-state index in [0.29, 0.717) is 11.6 Å². The van der Waals surface area contributed by atoms with Gasteiger partial charge in [0.1, 0.15) is 5.69 Å². The highest BCUT2D eigenvalue weighted by Crippen LogP contribution is 2.19. The molecule has 5 nitrogen and oxygen atoms in total. The Labute approximate surface area is 141 Å². The molecule has 1 aromatic heterocycles. The Morgan fingerprint density at radius 3 is 2.42 bits per heavy atom. The summed E-state index contributed by atoms with van der Waals surface area (Å²) >= 11 is 0. The third-order valence-electron chi connectivity index (χ3n) is 3.63. The number of aromatic nitrogens is 2. The van der Waals surface area contributed by atoms with Crippen LogP contribution in [0.25, 0.3) is 0 Å². The summed E-state index contributed by atoms with van der Waals surface area (Å²) < 4.78 is 0. The number of nitrogens with zero attached hydrogens (tertiary/aromatic N) is 3. The van der Waals surface area contributed by atoms with E-state index in [2.05, 4.69) is 15.3 Å². The lowest BCUT2D eigenvalue weighted by atomic mass is 10.2. The normalized spacial score (nSPS) is 10.2. The number of rotatable bonds is 4. The first-order valence-electron chi connectivity index (χ1n) is 7.63. The third kappa shape index (κ3) is 3.57. The van der Waals surface area contributed by atoms with E-state index in [9.17, 15) is 4.79 Å². The van der Waals surface area contributed by atoms with Crippen molar-refractivity contribution in [2.45, 2.75) is 6.92 Å². The number of anilines is 3. The standard InChI is InChI=1S/C19H18N4O/c1-14-8-10-15(11-9-14)21-18(24)17-12-13-20-19(22-17)23(2)16-6-4-3-5-7-16/h3-13H,1-2H3,(H,21,24). The minimum atomic E-state index is -0.260. The topological polar surface area (TPSA) is 58.1 Å². The number of carbonyl (C=O) groups is 1. The van der Waals surface area contributed by atoms with E-state index in [0.717, 1.165) is 16.9 Å². The maximum atomic E-state index is 12.4. The number of hydrogen-bond acceptors (Lipinski definition) is 4. The van der Waals surface area contributed by atoms with Crippen molar-refractivity contribution in [1.82, 2.24) is 9.97 Å². The molecule has 0 unspecified atom stereocenters. The van der Waals surface area contributed by atoms with Gasteiger partial charge < -0.3 is 10.2 Å². The van der Waals surface area contributed by atoms with Crippen molar-refractivity contribution in [3.63, 3.8) is 0 Å². The Balaban J connectivity index is 1.79. The monoisotopic (exact) mass is 318 g/mol. The molecule has 3 rings (SSSR count). The molecule has 5 heteroatoms. The summed E-state index contributed by atoms with van der Waals surface area (Å²) in [5.74, 6) is 0.210. The lowest BCUT2D eigenvalue weighted by molar-refractivity contribution is 0.102. The summed E-state index contributed by atoms with van der Waals surface area (Å²) in [7, 11) is 1.87. The smallest absolute Gasteiger partial charge is 0.274 e. The first-order chi connectivity index (χ1) is 11.6. The Kier molecular flexibility index (Phi) is 4.52. The molecular weight excluding hydrogens is 300 g/mol. The number of amides is 1. The van der Waals surface area contributed by atoms with Gasteiger partial charge in [0.15, 0.2) is 0 Å². The SMILES string of the molecule is Cc1ccc(NC(=O)c2ccnc(N(C)c3ccccc3)n2)cc1. The van der Waals surface area contributed by atoms with E-state index in [1.165, 1.54) is 0 Å². The average molecular weight is 318 g/mol. The maximum Gasteiger partial charge on any atom is 0.274 e. The Hall–Kier alpha value is -3.21. The van der Waals surface area contributed by atoms with Gasteiger partial charge in [-0.25, -0.2) is 9.97 Å². The number of hydrogen-bond donors (Lipinski definition) is 1. The van der Waals surface area contributed by atoms with Crippen LogP contribution in [0.4, 0.5) is 17.3 Å². The summed E-state index contributed by atoms with van der Waals surface area (Å²) in [6, 6.07) is 19.0. The molecular formula is C19H18N4O. The lowest BCUT2D eigenvalue weighted by Gasteiger charge is -2.17. The van der Waals surface area contributed by atoms with Crippen LogP contribution in [-0.2, 0) is 0 Å². The minimum Gasteiger partial charge on any atom is -0.321 e. The summed E-state index contributed by atoms with van der Waals surface area (Å²) in [4.78, 5) is 22.8. The van der Waals surface area contributed by atoms with Gasteiger partial charge in [-0.15, -0.1) is 0 Å². The van der Waals surface area contributed by atoms with Gasteiger partial charge in [0.2, 0.25) is 5.95 Å². The van der Waals surface area contributed by atoms with Crippen LogP contribution in [0.15, 0.2) is 66.9 Å². The van der Waals surface area contributed by atoms with E-state index in [1.54, 1.807) is 12.3 Å². The molecule has 0 bridgehead atoms. The second-order valence-electron chi connectivity index (χ2n) is 5.46. The third-order valence-corrected chi connectivity index (χ3v) is 3.63. The molecule has 1 N–H and O–H groups in total. The first-order valence-corrected chi connectivity index (χ1v) is 7.63. The van der Waals surface area contributed by atoms with Crippen molar-refractivity contribution in [3.8, 4) is 0 Å². The second kappa shape index (κ2) is 6.91. The molecule has 24 heavy (non-hydrogen) atoms. The number of aryl methyl sites for hydroxylation is 1. The zero-order chi connectivity index (χ0) is 16.9. The Morgan fingerprint density at radius 1 is 1.00 bits per heavy atom. The van der Waals surface area contributed by atoms with Gasteiger partial charge in [0.25, 0.3) is 5.91 Å². The van der Waals surface area contributed by atoms with E-state index in [4.69, 9.17) is 0 Å².